The predicted octanol–water partition coefficient (Wildman–Crippen LogP) is 1.01. The summed E-state index contributed by atoms with van der Waals surface area (Å²) in [7, 11) is 4.15. The minimum absolute atomic E-state index is 0.110. The first-order chi connectivity index (χ1) is 8.24. The lowest BCUT2D eigenvalue weighted by Gasteiger charge is -2.29. The van der Waals surface area contributed by atoms with Crippen molar-refractivity contribution < 1.29 is 19.2 Å². The number of hydrogen-bond donors (Lipinski definition) is 2. The summed E-state index contributed by atoms with van der Waals surface area (Å²) in [5, 5.41) is 11.3. The fraction of sp³-hybridized carbons (Fsp3) is 0.692. The van der Waals surface area contributed by atoms with E-state index in [1.54, 1.807) is 6.92 Å². The number of carboxylic acid groups (broad SMARTS) is 1. The van der Waals surface area contributed by atoms with Crippen LogP contribution in [0.4, 0.5) is 0 Å². The van der Waals surface area contributed by atoms with Crippen LogP contribution < -0.4 is 5.32 Å². The SMILES string of the molecule is C=C(C)C(=O)NCC[N+](C)(C)CCCCC(=O)O. The van der Waals surface area contributed by atoms with E-state index < -0.39 is 5.97 Å². The first kappa shape index (κ1) is 16.6. The Bertz CT molecular complexity index is 311. The van der Waals surface area contributed by atoms with E-state index in [0.717, 1.165) is 24.0 Å². The first-order valence-electron chi connectivity index (χ1n) is 6.22. The molecule has 0 fully saturated rings. The molecule has 0 aliphatic carbocycles. The molecular weight excluding hydrogens is 232 g/mol. The maximum absolute atomic E-state index is 11.3. The highest BCUT2D eigenvalue weighted by molar-refractivity contribution is 5.91. The Hall–Kier alpha value is -1.36. The zero-order chi connectivity index (χ0) is 14.2. The van der Waals surface area contributed by atoms with Crippen LogP contribution in [0.3, 0.4) is 0 Å². The molecule has 0 atom stereocenters. The van der Waals surface area contributed by atoms with Crippen molar-refractivity contribution in [2.24, 2.45) is 0 Å². The van der Waals surface area contributed by atoms with Crippen LogP contribution in [0.2, 0.25) is 0 Å². The lowest BCUT2D eigenvalue weighted by atomic mass is 10.2. The standard InChI is InChI=1S/C13H24N2O3/c1-11(2)13(18)14-8-10-15(3,4)9-6-5-7-12(16)17/h1,5-10H2,2-4H3,(H-,14,16,17,18)/p+1. The van der Waals surface area contributed by atoms with E-state index in [2.05, 4.69) is 26.0 Å². The van der Waals surface area contributed by atoms with Gasteiger partial charge in [0.1, 0.15) is 0 Å². The minimum Gasteiger partial charge on any atom is -0.481 e. The molecule has 5 heteroatoms. The highest BCUT2D eigenvalue weighted by Gasteiger charge is 2.15. The molecule has 0 aromatic carbocycles. The highest BCUT2D eigenvalue weighted by Crippen LogP contribution is 2.03. The van der Waals surface area contributed by atoms with Gasteiger partial charge in [-0.25, -0.2) is 0 Å². The molecule has 0 spiro atoms. The van der Waals surface area contributed by atoms with E-state index in [1.165, 1.54) is 0 Å². The fourth-order valence-electron chi connectivity index (χ4n) is 1.55. The van der Waals surface area contributed by atoms with Gasteiger partial charge in [-0.3, -0.25) is 9.59 Å². The van der Waals surface area contributed by atoms with Crippen LogP contribution in [0.25, 0.3) is 0 Å². The van der Waals surface area contributed by atoms with Crippen molar-refractivity contribution in [3.8, 4) is 0 Å². The second-order valence-corrected chi connectivity index (χ2v) is 5.27. The zero-order valence-corrected chi connectivity index (χ0v) is 11.7. The van der Waals surface area contributed by atoms with E-state index >= 15 is 0 Å². The molecule has 2 N–H and O–H groups in total. The molecule has 0 aromatic rings. The van der Waals surface area contributed by atoms with Crippen molar-refractivity contribution >= 4 is 11.9 Å². The number of hydrogen-bond acceptors (Lipinski definition) is 2. The second kappa shape index (κ2) is 7.87. The number of nitrogens with one attached hydrogen (secondary N) is 1. The summed E-state index contributed by atoms with van der Waals surface area (Å²) >= 11 is 0. The molecule has 0 heterocycles. The van der Waals surface area contributed by atoms with E-state index in [0.29, 0.717) is 18.5 Å². The average Bonchev–Trinajstić information content (AvgIpc) is 2.23. The van der Waals surface area contributed by atoms with E-state index in [9.17, 15) is 9.59 Å². The lowest BCUT2D eigenvalue weighted by Crippen LogP contribution is -2.46. The largest absolute Gasteiger partial charge is 0.481 e. The van der Waals surface area contributed by atoms with Crippen LogP contribution in [0, 0.1) is 0 Å². The summed E-state index contributed by atoms with van der Waals surface area (Å²) in [5.41, 5.74) is 0.516. The number of carbonyl (C=O) groups is 2. The lowest BCUT2D eigenvalue weighted by molar-refractivity contribution is -0.889. The zero-order valence-electron chi connectivity index (χ0n) is 11.7. The van der Waals surface area contributed by atoms with Crippen molar-refractivity contribution in [1.29, 1.82) is 0 Å². The van der Waals surface area contributed by atoms with Crippen molar-refractivity contribution in [3.05, 3.63) is 12.2 Å². The highest BCUT2D eigenvalue weighted by atomic mass is 16.4. The predicted molar refractivity (Wildman–Crippen MR) is 71.2 cm³/mol. The molecule has 104 valence electrons. The quantitative estimate of drug-likeness (QED) is 0.368. The monoisotopic (exact) mass is 257 g/mol. The number of unbranched alkanes of at least 4 members (excludes halogenated alkanes) is 1. The summed E-state index contributed by atoms with van der Waals surface area (Å²) < 4.78 is 0.774. The maximum Gasteiger partial charge on any atom is 0.303 e. The molecule has 0 saturated carbocycles. The van der Waals surface area contributed by atoms with Gasteiger partial charge < -0.3 is 14.9 Å². The van der Waals surface area contributed by atoms with Gasteiger partial charge in [0, 0.05) is 12.0 Å². The van der Waals surface area contributed by atoms with Crippen molar-refractivity contribution in [1.82, 2.24) is 5.32 Å². The molecule has 0 saturated heterocycles. The van der Waals surface area contributed by atoms with Crippen molar-refractivity contribution in [2.75, 3.05) is 33.7 Å². The molecule has 0 rings (SSSR count). The van der Waals surface area contributed by atoms with Gasteiger partial charge in [-0.1, -0.05) is 6.58 Å². The van der Waals surface area contributed by atoms with Gasteiger partial charge in [0.05, 0.1) is 33.7 Å². The van der Waals surface area contributed by atoms with Gasteiger partial charge >= 0.3 is 5.97 Å². The van der Waals surface area contributed by atoms with Crippen molar-refractivity contribution in [3.63, 3.8) is 0 Å². The third-order valence-electron chi connectivity index (χ3n) is 2.79. The minimum atomic E-state index is -0.742. The smallest absolute Gasteiger partial charge is 0.303 e. The van der Waals surface area contributed by atoms with Crippen molar-refractivity contribution in [2.45, 2.75) is 26.2 Å². The topological polar surface area (TPSA) is 66.4 Å². The average molecular weight is 257 g/mol. The molecule has 0 unspecified atom stereocenters. The second-order valence-electron chi connectivity index (χ2n) is 5.27. The van der Waals surface area contributed by atoms with Gasteiger partial charge in [0.15, 0.2) is 0 Å². The number of carbonyl (C=O) groups excluding carboxylic acids is 1. The third kappa shape index (κ3) is 8.75. The summed E-state index contributed by atoms with van der Waals surface area (Å²) in [5.74, 6) is -0.852. The van der Waals surface area contributed by atoms with E-state index in [1.807, 2.05) is 0 Å². The third-order valence-corrected chi connectivity index (χ3v) is 2.79. The summed E-state index contributed by atoms with van der Waals surface area (Å²) in [6.07, 6.45) is 1.81. The van der Waals surface area contributed by atoms with Crippen LogP contribution in [0.1, 0.15) is 26.2 Å². The van der Waals surface area contributed by atoms with Crippen LogP contribution >= 0.6 is 0 Å². The Morgan fingerprint density at radius 2 is 1.83 bits per heavy atom. The van der Waals surface area contributed by atoms with Crippen LogP contribution in [0.5, 0.6) is 0 Å². The summed E-state index contributed by atoms with van der Waals surface area (Å²) in [4.78, 5) is 21.7. The summed E-state index contributed by atoms with van der Waals surface area (Å²) in [6, 6.07) is 0. The van der Waals surface area contributed by atoms with E-state index in [-0.39, 0.29) is 12.3 Å². The van der Waals surface area contributed by atoms with Gasteiger partial charge in [-0.15, -0.1) is 0 Å². The number of rotatable bonds is 9. The molecule has 18 heavy (non-hydrogen) atoms. The first-order valence-corrected chi connectivity index (χ1v) is 6.22. The fourth-order valence-corrected chi connectivity index (χ4v) is 1.55. The van der Waals surface area contributed by atoms with E-state index in [4.69, 9.17) is 5.11 Å². The molecule has 0 aromatic heterocycles. The number of nitrogens with zero attached hydrogens (tertiary/aromatic N) is 1. The number of amides is 1. The normalized spacial score (nSPS) is 11.1. The Kier molecular flexibility index (Phi) is 7.27. The Morgan fingerprint density at radius 3 is 2.33 bits per heavy atom. The van der Waals surface area contributed by atoms with Crippen LogP contribution in [0.15, 0.2) is 12.2 Å². The number of likely N-dealkylation sites (N-methyl/N-ethyl adjacent to an activating group) is 1. The number of carboxylic acids is 1. The molecule has 0 bridgehead atoms. The molecule has 1 amide bonds. The molecular formula is C13H25N2O3+. The summed E-state index contributed by atoms with van der Waals surface area (Å²) in [6.45, 7) is 7.60. The Labute approximate surface area is 109 Å². The molecule has 5 nitrogen and oxygen atoms in total. The number of aliphatic carboxylic acids is 1. The van der Waals surface area contributed by atoms with Gasteiger partial charge in [0.2, 0.25) is 5.91 Å². The Morgan fingerprint density at radius 1 is 1.22 bits per heavy atom. The van der Waals surface area contributed by atoms with Crippen LogP contribution in [-0.4, -0.2) is 55.2 Å². The van der Waals surface area contributed by atoms with Gasteiger partial charge in [-0.2, -0.15) is 0 Å². The Balaban J connectivity index is 3.76. The molecule has 0 aliphatic rings. The van der Waals surface area contributed by atoms with Gasteiger partial charge in [-0.05, 0) is 19.8 Å². The molecule has 0 aliphatic heterocycles. The van der Waals surface area contributed by atoms with Gasteiger partial charge in [0.25, 0.3) is 0 Å². The maximum atomic E-state index is 11.3. The number of quaternary nitrogens is 1. The molecule has 0 radical (unpaired) electrons. The van der Waals surface area contributed by atoms with Crippen LogP contribution in [-0.2, 0) is 9.59 Å².